The minimum Gasteiger partial charge on any atom is -0.241 e. The fourth-order valence-electron chi connectivity index (χ4n) is 1.24. The van der Waals surface area contributed by atoms with Crippen molar-refractivity contribution < 1.29 is 0 Å². The predicted octanol–water partition coefficient (Wildman–Crippen LogP) is 3.66. The Labute approximate surface area is 95.3 Å². The van der Waals surface area contributed by atoms with Crippen LogP contribution >= 0.6 is 33.9 Å². The second-order valence-electron chi connectivity index (χ2n) is 2.87. The van der Waals surface area contributed by atoms with Gasteiger partial charge >= 0.3 is 0 Å². The number of aromatic nitrogens is 1. The molecular weight excluding hydrogens is 293 g/mol. The molecule has 1 heterocycles. The largest absolute Gasteiger partial charge is 0.241 e. The zero-order valence-electron chi connectivity index (χ0n) is 7.16. The summed E-state index contributed by atoms with van der Waals surface area (Å²) in [5, 5.41) is 1.28. The van der Waals surface area contributed by atoms with Gasteiger partial charge in [-0.3, -0.25) is 0 Å². The Kier molecular flexibility index (Phi) is 3.16. The summed E-state index contributed by atoms with van der Waals surface area (Å²) < 4.78 is 2.53. The third-order valence-electron chi connectivity index (χ3n) is 1.86. The number of fused-ring (bicyclic) bond motifs is 1. The van der Waals surface area contributed by atoms with Gasteiger partial charge in [0, 0.05) is 6.42 Å². The molecule has 0 saturated carbocycles. The molecule has 2 rings (SSSR count). The van der Waals surface area contributed by atoms with Gasteiger partial charge < -0.3 is 0 Å². The highest BCUT2D eigenvalue weighted by molar-refractivity contribution is 14.1. The fourth-order valence-corrected chi connectivity index (χ4v) is 2.64. The van der Waals surface area contributed by atoms with Crippen LogP contribution in [-0.2, 0) is 6.42 Å². The van der Waals surface area contributed by atoms with Crippen LogP contribution in [0.1, 0.15) is 11.4 Å². The summed E-state index contributed by atoms with van der Waals surface area (Å²) in [6, 6.07) is 8.34. The zero-order valence-corrected chi connectivity index (χ0v) is 10.1. The molecule has 0 saturated heterocycles. The van der Waals surface area contributed by atoms with E-state index in [1.54, 1.807) is 0 Å². The Balaban J connectivity index is 2.28. The smallest absolute Gasteiger partial charge is 0.0938 e. The van der Waals surface area contributed by atoms with Crippen molar-refractivity contribution in [2.24, 2.45) is 0 Å². The van der Waals surface area contributed by atoms with Gasteiger partial charge in [-0.25, -0.2) is 4.98 Å². The van der Waals surface area contributed by atoms with Gasteiger partial charge in [-0.1, -0.05) is 34.7 Å². The molecule has 1 aromatic carbocycles. The molecule has 2 aromatic rings. The number of alkyl halides is 1. The van der Waals surface area contributed by atoms with Crippen LogP contribution in [0.25, 0.3) is 10.2 Å². The number of hydrogen-bond acceptors (Lipinski definition) is 2. The SMILES string of the molecule is ICCCc1nc2ccccc2s1. The molecule has 0 amide bonds. The van der Waals surface area contributed by atoms with Gasteiger partial charge in [0.2, 0.25) is 0 Å². The lowest BCUT2D eigenvalue weighted by atomic mass is 10.3. The molecule has 68 valence electrons. The quantitative estimate of drug-likeness (QED) is 0.623. The Morgan fingerprint density at radius 3 is 2.92 bits per heavy atom. The van der Waals surface area contributed by atoms with Crippen LogP contribution in [-0.4, -0.2) is 9.41 Å². The molecular formula is C10H10INS. The Hall–Kier alpha value is -0.160. The van der Waals surface area contributed by atoms with Gasteiger partial charge in [-0.05, 0) is 23.0 Å². The van der Waals surface area contributed by atoms with Gasteiger partial charge in [0.25, 0.3) is 0 Å². The third-order valence-corrected chi connectivity index (χ3v) is 3.72. The third kappa shape index (κ3) is 2.20. The molecule has 0 unspecified atom stereocenters. The molecule has 0 bridgehead atoms. The first-order valence-electron chi connectivity index (χ1n) is 4.30. The maximum Gasteiger partial charge on any atom is 0.0938 e. The van der Waals surface area contributed by atoms with Crippen molar-refractivity contribution in [3.63, 3.8) is 0 Å². The number of nitrogens with zero attached hydrogens (tertiary/aromatic N) is 1. The molecule has 0 aliphatic heterocycles. The van der Waals surface area contributed by atoms with E-state index >= 15 is 0 Å². The Bertz CT molecular complexity index is 363. The first-order chi connectivity index (χ1) is 6.40. The fraction of sp³-hybridized carbons (Fsp3) is 0.300. The molecule has 0 atom stereocenters. The van der Waals surface area contributed by atoms with Crippen molar-refractivity contribution in [1.29, 1.82) is 0 Å². The molecule has 13 heavy (non-hydrogen) atoms. The van der Waals surface area contributed by atoms with Crippen LogP contribution in [0.3, 0.4) is 0 Å². The van der Waals surface area contributed by atoms with Crippen LogP contribution in [0.4, 0.5) is 0 Å². The van der Waals surface area contributed by atoms with Crippen LogP contribution in [0, 0.1) is 0 Å². The first-order valence-corrected chi connectivity index (χ1v) is 6.65. The molecule has 0 aliphatic carbocycles. The lowest BCUT2D eigenvalue weighted by Gasteiger charge is -1.88. The second-order valence-corrected chi connectivity index (χ2v) is 5.06. The number of rotatable bonds is 3. The Morgan fingerprint density at radius 1 is 1.31 bits per heavy atom. The summed E-state index contributed by atoms with van der Waals surface area (Å²) >= 11 is 4.23. The van der Waals surface area contributed by atoms with E-state index in [2.05, 4.69) is 45.8 Å². The monoisotopic (exact) mass is 303 g/mol. The van der Waals surface area contributed by atoms with Crippen molar-refractivity contribution in [3.8, 4) is 0 Å². The number of thiazole rings is 1. The minimum atomic E-state index is 1.13. The first kappa shape index (κ1) is 9.40. The molecule has 1 nitrogen and oxygen atoms in total. The zero-order chi connectivity index (χ0) is 9.10. The van der Waals surface area contributed by atoms with Gasteiger partial charge in [0.15, 0.2) is 0 Å². The molecule has 0 aliphatic rings. The molecule has 1 aromatic heterocycles. The van der Waals surface area contributed by atoms with E-state index in [-0.39, 0.29) is 0 Å². The lowest BCUT2D eigenvalue weighted by Crippen LogP contribution is -1.82. The van der Waals surface area contributed by atoms with Gasteiger partial charge in [0.05, 0.1) is 15.2 Å². The summed E-state index contributed by atoms with van der Waals surface area (Å²) in [6.07, 6.45) is 2.36. The molecule has 3 heteroatoms. The highest BCUT2D eigenvalue weighted by Crippen LogP contribution is 2.22. The summed E-state index contributed by atoms with van der Waals surface area (Å²) in [7, 11) is 0. The van der Waals surface area contributed by atoms with Gasteiger partial charge in [-0.15, -0.1) is 11.3 Å². The molecule has 0 spiro atoms. The van der Waals surface area contributed by atoms with Gasteiger partial charge in [-0.2, -0.15) is 0 Å². The van der Waals surface area contributed by atoms with Crippen LogP contribution in [0.5, 0.6) is 0 Å². The lowest BCUT2D eigenvalue weighted by molar-refractivity contribution is 0.935. The summed E-state index contributed by atoms with van der Waals surface area (Å²) in [4.78, 5) is 4.57. The topological polar surface area (TPSA) is 12.9 Å². The highest BCUT2D eigenvalue weighted by atomic mass is 127. The molecule has 0 radical (unpaired) electrons. The number of aryl methyl sites for hydroxylation is 1. The minimum absolute atomic E-state index is 1.13. The van der Waals surface area contributed by atoms with Crippen molar-refractivity contribution in [2.45, 2.75) is 12.8 Å². The molecule has 0 N–H and O–H groups in total. The second kappa shape index (κ2) is 4.37. The number of hydrogen-bond donors (Lipinski definition) is 0. The van der Waals surface area contributed by atoms with E-state index in [1.807, 2.05) is 17.4 Å². The van der Waals surface area contributed by atoms with E-state index in [4.69, 9.17) is 0 Å². The number of halogens is 1. The standard InChI is InChI=1S/C10H10INS/c11-7-3-6-10-12-8-4-1-2-5-9(8)13-10/h1-2,4-5H,3,6-7H2. The Morgan fingerprint density at radius 2 is 2.15 bits per heavy atom. The van der Waals surface area contributed by atoms with E-state index in [0.717, 1.165) is 11.9 Å². The number of para-hydroxylation sites is 1. The summed E-state index contributed by atoms with van der Waals surface area (Å²) in [5.41, 5.74) is 1.15. The van der Waals surface area contributed by atoms with E-state index < -0.39 is 0 Å². The van der Waals surface area contributed by atoms with Crippen molar-refractivity contribution in [1.82, 2.24) is 4.98 Å². The average Bonchev–Trinajstić information content (AvgIpc) is 2.57. The van der Waals surface area contributed by atoms with Crippen molar-refractivity contribution in [2.75, 3.05) is 4.43 Å². The summed E-state index contributed by atoms with van der Waals surface area (Å²) in [5.74, 6) is 0. The van der Waals surface area contributed by atoms with E-state index in [0.29, 0.717) is 0 Å². The predicted molar refractivity (Wildman–Crippen MR) is 66.8 cm³/mol. The van der Waals surface area contributed by atoms with Crippen LogP contribution in [0.2, 0.25) is 0 Å². The normalized spacial score (nSPS) is 10.8. The van der Waals surface area contributed by atoms with Crippen molar-refractivity contribution in [3.05, 3.63) is 29.3 Å². The van der Waals surface area contributed by atoms with E-state index in [1.165, 1.54) is 20.6 Å². The van der Waals surface area contributed by atoms with Crippen molar-refractivity contribution >= 4 is 44.1 Å². The maximum atomic E-state index is 4.57. The molecule has 0 fully saturated rings. The summed E-state index contributed by atoms with van der Waals surface area (Å²) in [6.45, 7) is 0. The number of benzene rings is 1. The average molecular weight is 303 g/mol. The van der Waals surface area contributed by atoms with Gasteiger partial charge in [0.1, 0.15) is 0 Å². The van der Waals surface area contributed by atoms with Crippen LogP contribution in [0.15, 0.2) is 24.3 Å². The highest BCUT2D eigenvalue weighted by Gasteiger charge is 2.01. The van der Waals surface area contributed by atoms with E-state index in [9.17, 15) is 0 Å². The maximum absolute atomic E-state index is 4.57. The van der Waals surface area contributed by atoms with Crippen LogP contribution < -0.4 is 0 Å².